The van der Waals surface area contributed by atoms with E-state index < -0.39 is 17.8 Å². The Kier molecular flexibility index (Phi) is 4.77. The Morgan fingerprint density at radius 1 is 1.32 bits per heavy atom. The fraction of sp³-hybridized carbons (Fsp3) is 0.267. The van der Waals surface area contributed by atoms with Gasteiger partial charge in [0.1, 0.15) is 11.7 Å². The van der Waals surface area contributed by atoms with Gasteiger partial charge in [-0.3, -0.25) is 14.3 Å². The number of carboxylic acid groups (broad SMARTS) is 1. The molecule has 0 aliphatic carbocycles. The molecule has 2 rings (SSSR count). The molecule has 2 aromatic rings. The molecule has 1 aromatic heterocycles. The lowest BCUT2D eigenvalue weighted by atomic mass is 10.2. The summed E-state index contributed by atoms with van der Waals surface area (Å²) < 4.78 is 6.75. The highest BCUT2D eigenvalue weighted by molar-refractivity contribution is 6.03. The summed E-state index contributed by atoms with van der Waals surface area (Å²) in [5, 5.41) is 15.4. The number of aliphatic carboxylic acids is 1. The van der Waals surface area contributed by atoms with Crippen LogP contribution in [0.3, 0.4) is 0 Å². The number of amides is 1. The standard InChI is InChI=1S/C15H17N3O4/c1-10(15(20)21)14(19)16-13-7-8-18(17-13)9-11-3-5-12(22-2)6-4-11/h3-8,10H,9H2,1-2H3,(H,20,21)(H,16,17,19). The molecule has 1 aromatic carbocycles. The number of anilines is 1. The summed E-state index contributed by atoms with van der Waals surface area (Å²) in [6.07, 6.45) is 1.71. The molecule has 0 fully saturated rings. The van der Waals surface area contributed by atoms with Gasteiger partial charge in [-0.15, -0.1) is 0 Å². The SMILES string of the molecule is COc1ccc(Cn2ccc(NC(=O)C(C)C(=O)O)n2)cc1. The zero-order valence-electron chi connectivity index (χ0n) is 12.3. The van der Waals surface area contributed by atoms with E-state index in [1.807, 2.05) is 24.3 Å². The number of carboxylic acids is 1. The molecule has 0 bridgehead atoms. The van der Waals surface area contributed by atoms with Crippen molar-refractivity contribution in [2.75, 3.05) is 12.4 Å². The topological polar surface area (TPSA) is 93.5 Å². The highest BCUT2D eigenvalue weighted by Gasteiger charge is 2.21. The number of benzene rings is 1. The maximum absolute atomic E-state index is 11.6. The van der Waals surface area contributed by atoms with Crippen molar-refractivity contribution in [1.82, 2.24) is 9.78 Å². The highest BCUT2D eigenvalue weighted by Crippen LogP contribution is 2.13. The second kappa shape index (κ2) is 6.75. The third kappa shape index (κ3) is 3.85. The van der Waals surface area contributed by atoms with Crippen molar-refractivity contribution in [3.05, 3.63) is 42.1 Å². The van der Waals surface area contributed by atoms with Crippen LogP contribution in [-0.2, 0) is 16.1 Å². The maximum atomic E-state index is 11.6. The Morgan fingerprint density at radius 2 is 2.00 bits per heavy atom. The van der Waals surface area contributed by atoms with E-state index in [0.29, 0.717) is 12.4 Å². The average molecular weight is 303 g/mol. The van der Waals surface area contributed by atoms with E-state index in [4.69, 9.17) is 9.84 Å². The van der Waals surface area contributed by atoms with Crippen LogP contribution in [-0.4, -0.2) is 33.9 Å². The molecule has 0 spiro atoms. The van der Waals surface area contributed by atoms with Gasteiger partial charge in [0.05, 0.1) is 13.7 Å². The smallest absolute Gasteiger partial charge is 0.315 e. The van der Waals surface area contributed by atoms with E-state index in [0.717, 1.165) is 11.3 Å². The number of aromatic nitrogens is 2. The lowest BCUT2D eigenvalue weighted by Gasteiger charge is -2.06. The van der Waals surface area contributed by atoms with Gasteiger partial charge in [0.25, 0.3) is 0 Å². The van der Waals surface area contributed by atoms with Crippen LogP contribution in [0.15, 0.2) is 36.5 Å². The number of nitrogens with one attached hydrogen (secondary N) is 1. The van der Waals surface area contributed by atoms with Crippen LogP contribution in [0, 0.1) is 5.92 Å². The van der Waals surface area contributed by atoms with Crippen molar-refractivity contribution >= 4 is 17.7 Å². The molecule has 7 heteroatoms. The van der Waals surface area contributed by atoms with Crippen LogP contribution in [0.1, 0.15) is 12.5 Å². The number of hydrogen-bond donors (Lipinski definition) is 2. The van der Waals surface area contributed by atoms with Gasteiger partial charge in [0.2, 0.25) is 5.91 Å². The molecule has 0 saturated carbocycles. The van der Waals surface area contributed by atoms with Gasteiger partial charge in [-0.2, -0.15) is 5.10 Å². The first-order valence-electron chi connectivity index (χ1n) is 6.69. The monoisotopic (exact) mass is 303 g/mol. The molecular weight excluding hydrogens is 286 g/mol. The first kappa shape index (κ1) is 15.6. The van der Waals surface area contributed by atoms with E-state index in [1.54, 1.807) is 24.1 Å². The quantitative estimate of drug-likeness (QED) is 0.791. The lowest BCUT2D eigenvalue weighted by Crippen LogP contribution is -2.27. The van der Waals surface area contributed by atoms with Crippen molar-refractivity contribution in [2.24, 2.45) is 5.92 Å². The van der Waals surface area contributed by atoms with Crippen molar-refractivity contribution in [3.8, 4) is 5.75 Å². The first-order chi connectivity index (χ1) is 10.5. The molecule has 0 saturated heterocycles. The fourth-order valence-corrected chi connectivity index (χ4v) is 1.78. The van der Waals surface area contributed by atoms with Gasteiger partial charge in [0, 0.05) is 12.3 Å². The van der Waals surface area contributed by atoms with Gasteiger partial charge < -0.3 is 15.2 Å². The molecule has 1 atom stereocenters. The second-order valence-corrected chi connectivity index (χ2v) is 4.80. The summed E-state index contributed by atoms with van der Waals surface area (Å²) in [7, 11) is 1.61. The Bertz CT molecular complexity index is 664. The molecule has 22 heavy (non-hydrogen) atoms. The molecule has 0 radical (unpaired) electrons. The zero-order valence-corrected chi connectivity index (χ0v) is 12.3. The fourth-order valence-electron chi connectivity index (χ4n) is 1.78. The zero-order chi connectivity index (χ0) is 16.1. The summed E-state index contributed by atoms with van der Waals surface area (Å²) in [5.74, 6) is -1.78. The number of carbonyl (C=O) groups is 2. The maximum Gasteiger partial charge on any atom is 0.315 e. The van der Waals surface area contributed by atoms with E-state index in [-0.39, 0.29) is 0 Å². The van der Waals surface area contributed by atoms with Crippen molar-refractivity contribution in [2.45, 2.75) is 13.5 Å². The number of rotatable bonds is 6. The third-order valence-electron chi connectivity index (χ3n) is 3.16. The summed E-state index contributed by atoms with van der Waals surface area (Å²) in [4.78, 5) is 22.4. The number of hydrogen-bond acceptors (Lipinski definition) is 4. The first-order valence-corrected chi connectivity index (χ1v) is 6.69. The minimum Gasteiger partial charge on any atom is -0.497 e. The van der Waals surface area contributed by atoms with Crippen LogP contribution < -0.4 is 10.1 Å². The van der Waals surface area contributed by atoms with Crippen LogP contribution in [0.2, 0.25) is 0 Å². The highest BCUT2D eigenvalue weighted by atomic mass is 16.5. The third-order valence-corrected chi connectivity index (χ3v) is 3.16. The minimum absolute atomic E-state index is 0.326. The second-order valence-electron chi connectivity index (χ2n) is 4.80. The van der Waals surface area contributed by atoms with E-state index >= 15 is 0 Å². The van der Waals surface area contributed by atoms with Gasteiger partial charge in [0.15, 0.2) is 5.82 Å². The molecule has 1 amide bonds. The van der Waals surface area contributed by atoms with E-state index in [2.05, 4.69) is 10.4 Å². The molecule has 2 N–H and O–H groups in total. The largest absolute Gasteiger partial charge is 0.497 e. The van der Waals surface area contributed by atoms with Gasteiger partial charge in [-0.25, -0.2) is 0 Å². The van der Waals surface area contributed by atoms with Crippen LogP contribution in [0.5, 0.6) is 5.75 Å². The van der Waals surface area contributed by atoms with Crippen molar-refractivity contribution in [3.63, 3.8) is 0 Å². The van der Waals surface area contributed by atoms with Crippen LogP contribution in [0.25, 0.3) is 0 Å². The summed E-state index contributed by atoms with van der Waals surface area (Å²) >= 11 is 0. The Hall–Kier alpha value is -2.83. The normalized spacial score (nSPS) is 11.7. The van der Waals surface area contributed by atoms with Gasteiger partial charge in [-0.1, -0.05) is 12.1 Å². The molecular formula is C15H17N3O4. The summed E-state index contributed by atoms with van der Waals surface area (Å²) in [6.45, 7) is 1.86. The van der Waals surface area contributed by atoms with E-state index in [1.165, 1.54) is 6.92 Å². The number of methoxy groups -OCH3 is 1. The Labute approximate surface area is 127 Å². The Morgan fingerprint density at radius 3 is 2.59 bits per heavy atom. The predicted octanol–water partition coefficient (Wildman–Crippen LogP) is 1.60. The average Bonchev–Trinajstić information content (AvgIpc) is 2.94. The van der Waals surface area contributed by atoms with Crippen LogP contribution >= 0.6 is 0 Å². The van der Waals surface area contributed by atoms with Gasteiger partial charge >= 0.3 is 5.97 Å². The minimum atomic E-state index is -1.17. The van der Waals surface area contributed by atoms with Crippen molar-refractivity contribution < 1.29 is 19.4 Å². The number of carbonyl (C=O) groups excluding carboxylic acids is 1. The molecule has 0 aliphatic rings. The molecule has 1 heterocycles. The number of nitrogens with zero attached hydrogens (tertiary/aromatic N) is 2. The molecule has 1 unspecified atom stereocenters. The van der Waals surface area contributed by atoms with Crippen LogP contribution in [0.4, 0.5) is 5.82 Å². The van der Waals surface area contributed by atoms with Crippen molar-refractivity contribution in [1.29, 1.82) is 0 Å². The summed E-state index contributed by atoms with van der Waals surface area (Å²) in [6, 6.07) is 9.18. The van der Waals surface area contributed by atoms with Gasteiger partial charge in [-0.05, 0) is 24.6 Å². The molecule has 116 valence electrons. The number of ether oxygens (including phenoxy) is 1. The molecule has 0 aliphatic heterocycles. The predicted molar refractivity (Wildman–Crippen MR) is 79.8 cm³/mol. The Balaban J connectivity index is 1.98. The summed E-state index contributed by atoms with van der Waals surface area (Å²) in [5.41, 5.74) is 1.03. The lowest BCUT2D eigenvalue weighted by molar-refractivity contribution is -0.144. The molecule has 7 nitrogen and oxygen atoms in total. The van der Waals surface area contributed by atoms with E-state index in [9.17, 15) is 9.59 Å².